The molecule has 1 fully saturated rings. The maximum atomic E-state index is 9.78. The number of aromatic hydroxyl groups is 1. The largest absolute Gasteiger partial charge is 0.508 e. The summed E-state index contributed by atoms with van der Waals surface area (Å²) in [6, 6.07) is 6.78. The number of rotatable bonds is 3. The van der Waals surface area contributed by atoms with Crippen LogP contribution < -0.4 is 0 Å². The first-order valence-electron chi connectivity index (χ1n) is 7.93. The topological polar surface area (TPSA) is 32.7 Å². The molecule has 1 aliphatic heterocycles. The molecular formula is C17H25NO2. The Labute approximate surface area is 121 Å². The molecule has 3 rings (SSSR count). The lowest BCUT2D eigenvalue weighted by atomic mass is 9.83. The van der Waals surface area contributed by atoms with Crippen molar-refractivity contribution in [3.63, 3.8) is 0 Å². The van der Waals surface area contributed by atoms with Crippen molar-refractivity contribution < 1.29 is 9.84 Å². The summed E-state index contributed by atoms with van der Waals surface area (Å²) in [7, 11) is 0. The van der Waals surface area contributed by atoms with E-state index in [0.717, 1.165) is 26.0 Å². The highest BCUT2D eigenvalue weighted by atomic mass is 16.5. The van der Waals surface area contributed by atoms with Crippen molar-refractivity contribution in [3.05, 3.63) is 29.3 Å². The van der Waals surface area contributed by atoms with E-state index < -0.39 is 0 Å². The van der Waals surface area contributed by atoms with Crippen molar-refractivity contribution in [1.82, 2.24) is 4.90 Å². The van der Waals surface area contributed by atoms with Crippen molar-refractivity contribution in [3.8, 4) is 5.75 Å². The van der Waals surface area contributed by atoms with Crippen molar-refractivity contribution in [1.29, 1.82) is 0 Å². The van der Waals surface area contributed by atoms with Gasteiger partial charge in [0, 0.05) is 12.1 Å². The van der Waals surface area contributed by atoms with Gasteiger partial charge in [-0.25, -0.2) is 0 Å². The van der Waals surface area contributed by atoms with Crippen LogP contribution in [0.2, 0.25) is 0 Å². The monoisotopic (exact) mass is 275 g/mol. The Bertz CT molecular complexity index is 474. The smallest absolute Gasteiger partial charge is 0.115 e. The fourth-order valence-corrected chi connectivity index (χ4v) is 3.82. The zero-order chi connectivity index (χ0) is 14.1. The highest BCUT2D eigenvalue weighted by Gasteiger charge is 2.40. The lowest BCUT2D eigenvalue weighted by Gasteiger charge is -2.48. The number of fused-ring (bicyclic) bond motifs is 3. The summed E-state index contributed by atoms with van der Waals surface area (Å²) in [5.74, 6) is 0.354. The van der Waals surface area contributed by atoms with E-state index in [1.165, 1.54) is 24.0 Å². The summed E-state index contributed by atoms with van der Waals surface area (Å²) in [6.07, 6.45) is 4.73. The fraction of sp³-hybridized carbons (Fsp3) is 0.647. The van der Waals surface area contributed by atoms with Crippen LogP contribution in [0.25, 0.3) is 0 Å². The number of phenols is 1. The highest BCUT2D eigenvalue weighted by Crippen LogP contribution is 2.41. The normalized spacial score (nSPS) is 29.8. The maximum absolute atomic E-state index is 9.78. The van der Waals surface area contributed by atoms with Crippen LogP contribution in [-0.2, 0) is 11.2 Å². The number of aryl methyl sites for hydroxylation is 1. The molecule has 2 aliphatic rings. The zero-order valence-corrected chi connectivity index (χ0v) is 12.5. The molecule has 3 heteroatoms. The summed E-state index contributed by atoms with van der Waals surface area (Å²) in [4.78, 5) is 2.65. The second-order valence-corrected chi connectivity index (χ2v) is 6.04. The van der Waals surface area contributed by atoms with Crippen LogP contribution in [0.3, 0.4) is 0 Å². The second-order valence-electron chi connectivity index (χ2n) is 6.04. The molecular weight excluding hydrogens is 250 g/mol. The molecule has 3 unspecified atom stereocenters. The van der Waals surface area contributed by atoms with Gasteiger partial charge in [-0.1, -0.05) is 19.9 Å². The van der Waals surface area contributed by atoms with E-state index in [-0.39, 0.29) is 6.10 Å². The van der Waals surface area contributed by atoms with Crippen LogP contribution in [0, 0.1) is 0 Å². The number of hydrogen-bond donors (Lipinski definition) is 1. The predicted molar refractivity (Wildman–Crippen MR) is 80.0 cm³/mol. The summed E-state index contributed by atoms with van der Waals surface area (Å²) in [5.41, 5.74) is 2.55. The first-order valence-corrected chi connectivity index (χ1v) is 7.93. The molecule has 3 atom stereocenters. The van der Waals surface area contributed by atoms with Gasteiger partial charge in [-0.3, -0.25) is 4.90 Å². The average Bonchev–Trinajstić information content (AvgIpc) is 2.47. The molecule has 1 aromatic rings. The third-order valence-corrected chi connectivity index (χ3v) is 4.81. The fourth-order valence-electron chi connectivity index (χ4n) is 3.82. The minimum atomic E-state index is 0.139. The van der Waals surface area contributed by atoms with Gasteiger partial charge in [-0.2, -0.15) is 0 Å². The molecule has 0 amide bonds. The molecule has 1 heterocycles. The van der Waals surface area contributed by atoms with E-state index in [4.69, 9.17) is 4.74 Å². The quantitative estimate of drug-likeness (QED) is 0.919. The highest BCUT2D eigenvalue weighted by molar-refractivity contribution is 5.39. The maximum Gasteiger partial charge on any atom is 0.115 e. The zero-order valence-electron chi connectivity index (χ0n) is 12.5. The Kier molecular flexibility index (Phi) is 3.99. The SMILES string of the molecule is CCCN1C(CC)COC2c3cc(O)ccc3CCC21. The Balaban J connectivity index is 1.91. The summed E-state index contributed by atoms with van der Waals surface area (Å²) >= 11 is 0. The summed E-state index contributed by atoms with van der Waals surface area (Å²) in [5, 5.41) is 9.78. The van der Waals surface area contributed by atoms with E-state index in [1.54, 1.807) is 6.07 Å². The standard InChI is InChI=1S/C17H25NO2/c1-3-9-18-13(4-2)11-20-17-15-10-14(19)7-5-12(15)6-8-16(17)18/h5,7,10,13,16-17,19H,3-4,6,8-9,11H2,1-2H3. The van der Waals surface area contributed by atoms with Gasteiger partial charge in [0.25, 0.3) is 0 Å². The van der Waals surface area contributed by atoms with Gasteiger partial charge >= 0.3 is 0 Å². The molecule has 110 valence electrons. The van der Waals surface area contributed by atoms with Crippen LogP contribution >= 0.6 is 0 Å². The molecule has 20 heavy (non-hydrogen) atoms. The first kappa shape index (κ1) is 13.9. The molecule has 0 bridgehead atoms. The molecule has 1 aliphatic carbocycles. The van der Waals surface area contributed by atoms with Gasteiger partial charge in [0.05, 0.1) is 12.7 Å². The Morgan fingerprint density at radius 1 is 1.35 bits per heavy atom. The van der Waals surface area contributed by atoms with Crippen LogP contribution in [-0.4, -0.2) is 35.2 Å². The van der Waals surface area contributed by atoms with Gasteiger partial charge < -0.3 is 9.84 Å². The Morgan fingerprint density at radius 3 is 2.95 bits per heavy atom. The van der Waals surface area contributed by atoms with Crippen LogP contribution in [0.1, 0.15) is 50.3 Å². The van der Waals surface area contributed by atoms with E-state index >= 15 is 0 Å². The molecule has 1 saturated heterocycles. The lowest BCUT2D eigenvalue weighted by molar-refractivity contribution is -0.113. The van der Waals surface area contributed by atoms with Crippen LogP contribution in [0.4, 0.5) is 0 Å². The summed E-state index contributed by atoms with van der Waals surface area (Å²) < 4.78 is 6.19. The van der Waals surface area contributed by atoms with E-state index in [1.807, 2.05) is 6.07 Å². The number of morpholine rings is 1. The number of benzene rings is 1. The van der Waals surface area contributed by atoms with Gasteiger partial charge in [-0.15, -0.1) is 0 Å². The molecule has 3 nitrogen and oxygen atoms in total. The molecule has 0 radical (unpaired) electrons. The van der Waals surface area contributed by atoms with E-state index in [9.17, 15) is 5.11 Å². The molecule has 0 spiro atoms. The molecule has 1 aromatic carbocycles. The molecule has 0 saturated carbocycles. The first-order chi connectivity index (χ1) is 9.74. The third-order valence-electron chi connectivity index (χ3n) is 4.81. The van der Waals surface area contributed by atoms with Crippen molar-refractivity contribution in [2.75, 3.05) is 13.2 Å². The second kappa shape index (κ2) is 5.74. The van der Waals surface area contributed by atoms with Crippen molar-refractivity contribution >= 4 is 0 Å². The van der Waals surface area contributed by atoms with Crippen molar-refractivity contribution in [2.45, 2.75) is 57.7 Å². The predicted octanol–water partition coefficient (Wildman–Crippen LogP) is 3.27. The Hall–Kier alpha value is -1.06. The lowest BCUT2D eigenvalue weighted by Crippen LogP contribution is -2.54. The number of ether oxygens (including phenoxy) is 1. The van der Waals surface area contributed by atoms with Gasteiger partial charge in [0.1, 0.15) is 5.75 Å². The van der Waals surface area contributed by atoms with Crippen LogP contribution in [0.5, 0.6) is 5.75 Å². The number of hydrogen-bond acceptors (Lipinski definition) is 3. The average molecular weight is 275 g/mol. The molecule has 1 N–H and O–H groups in total. The molecule has 0 aromatic heterocycles. The van der Waals surface area contributed by atoms with E-state index in [0.29, 0.717) is 17.8 Å². The van der Waals surface area contributed by atoms with Gasteiger partial charge in [0.15, 0.2) is 0 Å². The van der Waals surface area contributed by atoms with E-state index in [2.05, 4.69) is 24.8 Å². The Morgan fingerprint density at radius 2 is 2.20 bits per heavy atom. The van der Waals surface area contributed by atoms with Gasteiger partial charge in [-0.05, 0) is 55.5 Å². The minimum absolute atomic E-state index is 0.139. The van der Waals surface area contributed by atoms with Crippen molar-refractivity contribution in [2.24, 2.45) is 0 Å². The minimum Gasteiger partial charge on any atom is -0.508 e. The third kappa shape index (κ3) is 2.33. The van der Waals surface area contributed by atoms with Crippen LogP contribution in [0.15, 0.2) is 18.2 Å². The number of phenolic OH excluding ortho intramolecular Hbond substituents is 1. The van der Waals surface area contributed by atoms with Gasteiger partial charge in [0.2, 0.25) is 0 Å². The number of nitrogens with zero attached hydrogens (tertiary/aromatic N) is 1. The summed E-state index contributed by atoms with van der Waals surface area (Å²) in [6.45, 7) is 6.46.